The lowest BCUT2D eigenvalue weighted by molar-refractivity contribution is -0.119. The van der Waals surface area contributed by atoms with Crippen LogP contribution in [0.15, 0.2) is 60.2 Å². The second-order valence-corrected chi connectivity index (χ2v) is 9.15. The summed E-state index contributed by atoms with van der Waals surface area (Å²) in [5, 5.41) is 7.86. The molecule has 0 fully saturated rings. The molecular formula is C26H27N5O3S. The van der Waals surface area contributed by atoms with Crippen LogP contribution >= 0.6 is 11.3 Å². The lowest BCUT2D eigenvalue weighted by Gasteiger charge is -2.16. The Balaban J connectivity index is 1.48. The Morgan fingerprint density at radius 1 is 1.06 bits per heavy atom. The van der Waals surface area contributed by atoms with E-state index in [1.807, 2.05) is 38.4 Å². The van der Waals surface area contributed by atoms with Gasteiger partial charge in [0.05, 0.1) is 17.9 Å². The highest BCUT2D eigenvalue weighted by Gasteiger charge is 2.23. The Bertz CT molecular complexity index is 1340. The first-order valence-electron chi connectivity index (χ1n) is 11.1. The van der Waals surface area contributed by atoms with E-state index in [9.17, 15) is 9.59 Å². The number of carbonyl (C=O) groups is 2. The zero-order valence-electron chi connectivity index (χ0n) is 20.0. The minimum atomic E-state index is -0.860. The maximum atomic E-state index is 12.9. The van der Waals surface area contributed by atoms with Crippen LogP contribution in [0.4, 0.5) is 5.13 Å². The first-order valence-corrected chi connectivity index (χ1v) is 11.9. The van der Waals surface area contributed by atoms with Gasteiger partial charge in [-0.3, -0.25) is 14.6 Å². The largest absolute Gasteiger partial charge is 0.382 e. The van der Waals surface area contributed by atoms with Crippen molar-refractivity contribution in [2.75, 3.05) is 19.0 Å². The predicted molar refractivity (Wildman–Crippen MR) is 137 cm³/mol. The standard InChI is InChI=1S/C26H27N5O3S/c1-16-10-21(11-17(2)27-16)18-6-5-7-19(12-18)23-15-35-26(29-23)30-25(33)22(14-34-4)28-24(32)20-8-9-31(3)13-20/h5-13,15,22H,14H2,1-4H3,(H,28,32)(H,29,30,33). The molecule has 0 aliphatic carbocycles. The highest BCUT2D eigenvalue weighted by molar-refractivity contribution is 7.14. The first-order chi connectivity index (χ1) is 16.8. The maximum absolute atomic E-state index is 12.9. The summed E-state index contributed by atoms with van der Waals surface area (Å²) < 4.78 is 6.92. The number of thiazole rings is 1. The number of carbonyl (C=O) groups excluding carboxylic acids is 2. The minimum absolute atomic E-state index is 0.0372. The number of nitrogens with zero attached hydrogens (tertiary/aromatic N) is 3. The summed E-state index contributed by atoms with van der Waals surface area (Å²) in [6, 6.07) is 13.0. The Kier molecular flexibility index (Phi) is 7.38. The molecule has 0 bridgehead atoms. The van der Waals surface area contributed by atoms with Crippen LogP contribution in [0.25, 0.3) is 22.4 Å². The molecule has 0 aliphatic heterocycles. The summed E-state index contributed by atoms with van der Waals surface area (Å²) in [6.07, 6.45) is 3.45. The van der Waals surface area contributed by atoms with E-state index in [0.717, 1.165) is 33.8 Å². The zero-order valence-corrected chi connectivity index (χ0v) is 20.8. The Hall–Kier alpha value is -3.82. The fraction of sp³-hybridized carbons (Fsp3) is 0.231. The van der Waals surface area contributed by atoms with Gasteiger partial charge in [-0.25, -0.2) is 4.98 Å². The summed E-state index contributed by atoms with van der Waals surface area (Å²) in [5.74, 6) is -0.741. The van der Waals surface area contributed by atoms with Gasteiger partial charge in [-0.05, 0) is 49.2 Å². The van der Waals surface area contributed by atoms with Crippen molar-refractivity contribution in [1.29, 1.82) is 0 Å². The van der Waals surface area contributed by atoms with Gasteiger partial charge in [0.15, 0.2) is 5.13 Å². The highest BCUT2D eigenvalue weighted by atomic mass is 32.1. The van der Waals surface area contributed by atoms with Crippen LogP contribution in [-0.2, 0) is 16.6 Å². The molecule has 0 saturated carbocycles. The normalized spacial score (nSPS) is 11.8. The maximum Gasteiger partial charge on any atom is 0.253 e. The molecule has 0 saturated heterocycles. The van der Waals surface area contributed by atoms with Crippen LogP contribution in [0, 0.1) is 13.8 Å². The van der Waals surface area contributed by atoms with Crippen molar-refractivity contribution in [3.05, 3.63) is 77.2 Å². The van der Waals surface area contributed by atoms with Crippen LogP contribution in [0.5, 0.6) is 0 Å². The number of hydrogen-bond acceptors (Lipinski definition) is 6. The Morgan fingerprint density at radius 2 is 1.80 bits per heavy atom. The highest BCUT2D eigenvalue weighted by Crippen LogP contribution is 2.29. The predicted octanol–water partition coefficient (Wildman–Crippen LogP) is 4.21. The van der Waals surface area contributed by atoms with Crippen LogP contribution in [-0.4, -0.2) is 46.1 Å². The lowest BCUT2D eigenvalue weighted by Crippen LogP contribution is -2.46. The van der Waals surface area contributed by atoms with Crippen molar-refractivity contribution in [2.45, 2.75) is 19.9 Å². The van der Waals surface area contributed by atoms with Gasteiger partial charge in [0.25, 0.3) is 11.8 Å². The second kappa shape index (κ2) is 10.6. The van der Waals surface area contributed by atoms with Crippen LogP contribution in [0.3, 0.4) is 0 Å². The van der Waals surface area contributed by atoms with Crippen molar-refractivity contribution in [1.82, 2.24) is 19.9 Å². The third-order valence-corrected chi connectivity index (χ3v) is 6.11. The zero-order chi connectivity index (χ0) is 24.9. The van der Waals surface area contributed by atoms with Gasteiger partial charge in [-0.15, -0.1) is 11.3 Å². The quantitative estimate of drug-likeness (QED) is 0.386. The fourth-order valence-electron chi connectivity index (χ4n) is 3.74. The number of aromatic nitrogens is 3. The number of methoxy groups -OCH3 is 1. The van der Waals surface area contributed by atoms with Gasteiger partial charge >= 0.3 is 0 Å². The average Bonchev–Trinajstić information content (AvgIpc) is 3.47. The van der Waals surface area contributed by atoms with E-state index < -0.39 is 11.9 Å². The molecule has 1 aromatic carbocycles. The van der Waals surface area contributed by atoms with Gasteiger partial charge in [-0.2, -0.15) is 0 Å². The molecule has 180 valence electrons. The summed E-state index contributed by atoms with van der Waals surface area (Å²) in [5.41, 5.74) is 6.26. The van der Waals surface area contributed by atoms with E-state index in [1.165, 1.54) is 18.4 Å². The van der Waals surface area contributed by atoms with Crippen LogP contribution < -0.4 is 10.6 Å². The number of anilines is 1. The lowest BCUT2D eigenvalue weighted by atomic mass is 10.0. The Labute approximate surface area is 208 Å². The number of rotatable bonds is 8. The topological polar surface area (TPSA) is 98.1 Å². The van der Waals surface area contributed by atoms with E-state index in [1.54, 1.807) is 23.0 Å². The van der Waals surface area contributed by atoms with Crippen molar-refractivity contribution >= 4 is 28.3 Å². The van der Waals surface area contributed by atoms with E-state index >= 15 is 0 Å². The van der Waals surface area contributed by atoms with Crippen LogP contribution in [0.1, 0.15) is 21.7 Å². The first kappa shape index (κ1) is 24.3. The molecule has 0 aliphatic rings. The number of nitrogens with one attached hydrogen (secondary N) is 2. The molecule has 1 unspecified atom stereocenters. The molecule has 35 heavy (non-hydrogen) atoms. The van der Waals surface area contributed by atoms with E-state index in [0.29, 0.717) is 10.7 Å². The average molecular weight is 490 g/mol. The number of hydrogen-bond donors (Lipinski definition) is 2. The molecule has 2 amide bonds. The summed E-state index contributed by atoms with van der Waals surface area (Å²) in [4.78, 5) is 34.4. The fourth-order valence-corrected chi connectivity index (χ4v) is 4.47. The Morgan fingerprint density at radius 3 is 2.49 bits per heavy atom. The molecule has 2 N–H and O–H groups in total. The van der Waals surface area contributed by atoms with Gasteiger partial charge in [0.1, 0.15) is 6.04 Å². The molecule has 9 heteroatoms. The third-order valence-electron chi connectivity index (χ3n) is 5.36. The van der Waals surface area contributed by atoms with Crippen LogP contribution in [0.2, 0.25) is 0 Å². The molecule has 4 aromatic rings. The SMILES string of the molecule is COCC(NC(=O)c1ccn(C)c1)C(=O)Nc1nc(-c2cccc(-c3cc(C)nc(C)c3)c2)cs1. The van der Waals surface area contributed by atoms with Gasteiger partial charge in [-0.1, -0.05) is 18.2 Å². The second-order valence-electron chi connectivity index (χ2n) is 8.29. The monoisotopic (exact) mass is 489 g/mol. The van der Waals surface area contributed by atoms with Gasteiger partial charge in [0.2, 0.25) is 0 Å². The van der Waals surface area contributed by atoms with E-state index in [-0.39, 0.29) is 12.5 Å². The van der Waals surface area contributed by atoms with Crippen molar-refractivity contribution in [3.8, 4) is 22.4 Å². The van der Waals surface area contributed by atoms with E-state index in [4.69, 9.17) is 4.74 Å². The van der Waals surface area contributed by atoms with Crippen molar-refractivity contribution in [3.63, 3.8) is 0 Å². The molecule has 4 rings (SSSR count). The minimum Gasteiger partial charge on any atom is -0.382 e. The summed E-state index contributed by atoms with van der Waals surface area (Å²) in [6.45, 7) is 4.00. The van der Waals surface area contributed by atoms with Gasteiger partial charge < -0.3 is 19.9 Å². The number of aryl methyl sites for hydroxylation is 3. The van der Waals surface area contributed by atoms with Crippen molar-refractivity contribution < 1.29 is 14.3 Å². The number of benzene rings is 1. The molecule has 3 aromatic heterocycles. The summed E-state index contributed by atoms with van der Waals surface area (Å²) in [7, 11) is 3.31. The molecular weight excluding hydrogens is 462 g/mol. The summed E-state index contributed by atoms with van der Waals surface area (Å²) >= 11 is 1.32. The number of ether oxygens (including phenoxy) is 1. The molecule has 0 radical (unpaired) electrons. The molecule has 1 atom stereocenters. The van der Waals surface area contributed by atoms with Gasteiger partial charge in [0, 0.05) is 48.9 Å². The third kappa shape index (κ3) is 6.00. The number of pyridine rings is 1. The smallest absolute Gasteiger partial charge is 0.253 e. The molecule has 3 heterocycles. The molecule has 8 nitrogen and oxygen atoms in total. The van der Waals surface area contributed by atoms with E-state index in [2.05, 4.69) is 44.9 Å². The molecule has 0 spiro atoms. The van der Waals surface area contributed by atoms with Crippen molar-refractivity contribution in [2.24, 2.45) is 7.05 Å². The number of amides is 2.